The van der Waals surface area contributed by atoms with Crippen molar-refractivity contribution in [3.8, 4) is 0 Å². The molecule has 7 atom stereocenters. The molecule has 38 heavy (non-hydrogen) atoms. The number of benzene rings is 1. The van der Waals surface area contributed by atoms with Crippen molar-refractivity contribution in [3.05, 3.63) is 48.6 Å². The zero-order chi connectivity index (χ0) is 27.8. The molecule has 8 heteroatoms. The molecule has 3 saturated heterocycles. The summed E-state index contributed by atoms with van der Waals surface area (Å²) in [5.41, 5.74) is -1.15. The van der Waals surface area contributed by atoms with Gasteiger partial charge < -0.3 is 24.4 Å². The average Bonchev–Trinajstić information content (AvgIpc) is 3.39. The largest absolute Gasteiger partial charge is 0.466 e. The second kappa shape index (κ2) is 10.8. The molecule has 3 unspecified atom stereocenters. The average molecular weight is 527 g/mol. The molecule has 1 spiro atoms. The van der Waals surface area contributed by atoms with E-state index < -0.39 is 41.1 Å². The van der Waals surface area contributed by atoms with Crippen molar-refractivity contribution in [2.24, 2.45) is 23.7 Å². The Bertz CT molecular complexity index is 1060. The van der Waals surface area contributed by atoms with Crippen LogP contribution in [0.15, 0.2) is 43.0 Å². The maximum absolute atomic E-state index is 14.5. The summed E-state index contributed by atoms with van der Waals surface area (Å²) in [6.07, 6.45) is 2.66. The quantitative estimate of drug-likeness (QED) is 0.352. The highest BCUT2D eigenvalue weighted by Gasteiger charge is 2.80. The lowest BCUT2D eigenvalue weighted by atomic mass is 9.62. The smallest absolute Gasteiger partial charge is 0.312 e. The zero-order valence-corrected chi connectivity index (χ0v) is 23.3. The highest BCUT2D eigenvalue weighted by Crippen LogP contribution is 2.65. The van der Waals surface area contributed by atoms with Crippen LogP contribution >= 0.6 is 0 Å². The molecule has 1 N–H and O–H groups in total. The molecule has 0 saturated carbocycles. The van der Waals surface area contributed by atoms with Crippen molar-refractivity contribution in [1.82, 2.24) is 9.80 Å². The van der Waals surface area contributed by atoms with Crippen molar-refractivity contribution in [2.75, 3.05) is 19.8 Å². The predicted molar refractivity (Wildman–Crippen MR) is 143 cm³/mol. The third-order valence-corrected chi connectivity index (χ3v) is 8.75. The summed E-state index contributed by atoms with van der Waals surface area (Å²) in [6, 6.07) is 8.12. The molecular weight excluding hydrogens is 484 g/mol. The van der Waals surface area contributed by atoms with E-state index in [1.54, 1.807) is 22.8 Å². The van der Waals surface area contributed by atoms with Gasteiger partial charge in [0.25, 0.3) is 0 Å². The van der Waals surface area contributed by atoms with E-state index in [0.29, 0.717) is 19.4 Å². The summed E-state index contributed by atoms with van der Waals surface area (Å²) in [6.45, 7) is 14.1. The van der Waals surface area contributed by atoms with Crippen LogP contribution in [-0.4, -0.2) is 75.7 Å². The summed E-state index contributed by atoms with van der Waals surface area (Å²) in [5.74, 6) is -2.60. The van der Waals surface area contributed by atoms with E-state index in [1.807, 2.05) is 58.0 Å². The summed E-state index contributed by atoms with van der Waals surface area (Å²) < 4.78 is 12.2. The molecule has 3 aliphatic heterocycles. The number of hydrogen-bond acceptors (Lipinski definition) is 6. The fraction of sp³-hybridized carbons (Fsp3) is 0.633. The Morgan fingerprint density at radius 2 is 2.00 bits per heavy atom. The lowest BCUT2D eigenvalue weighted by Crippen LogP contribution is -2.59. The number of aliphatic hydroxyl groups excluding tert-OH is 1. The van der Waals surface area contributed by atoms with Crippen LogP contribution in [-0.2, 0) is 30.4 Å². The first-order chi connectivity index (χ1) is 18.0. The van der Waals surface area contributed by atoms with E-state index in [9.17, 15) is 19.5 Å². The Labute approximate surface area is 226 Å². The van der Waals surface area contributed by atoms with Gasteiger partial charge in [-0.1, -0.05) is 57.2 Å². The second-order valence-corrected chi connectivity index (χ2v) is 11.7. The second-order valence-electron chi connectivity index (χ2n) is 11.7. The molecule has 3 fully saturated rings. The van der Waals surface area contributed by atoms with Gasteiger partial charge in [-0.25, -0.2) is 0 Å². The zero-order valence-electron chi connectivity index (χ0n) is 23.3. The molecule has 3 heterocycles. The summed E-state index contributed by atoms with van der Waals surface area (Å²) in [5, 5.41) is 10.5. The molecule has 0 radical (unpaired) electrons. The third kappa shape index (κ3) is 4.45. The number of carbonyl (C=O) groups is 3. The first-order valence-electron chi connectivity index (χ1n) is 13.8. The van der Waals surface area contributed by atoms with Crippen LogP contribution in [0.4, 0.5) is 0 Å². The molecule has 1 aromatic carbocycles. The van der Waals surface area contributed by atoms with E-state index in [0.717, 1.165) is 5.56 Å². The lowest BCUT2D eigenvalue weighted by Gasteiger charge is -2.40. The van der Waals surface area contributed by atoms with Gasteiger partial charge in [-0.05, 0) is 44.1 Å². The number of ether oxygens (including phenoxy) is 2. The number of amides is 2. The number of carbonyl (C=O) groups excluding carboxylic acids is 3. The Morgan fingerprint density at radius 1 is 1.32 bits per heavy atom. The van der Waals surface area contributed by atoms with Gasteiger partial charge in [0.15, 0.2) is 0 Å². The van der Waals surface area contributed by atoms with Crippen molar-refractivity contribution in [2.45, 2.75) is 77.3 Å². The Hall–Kier alpha value is -2.71. The molecule has 208 valence electrons. The first kappa shape index (κ1) is 28.3. The van der Waals surface area contributed by atoms with Gasteiger partial charge in [0, 0.05) is 13.1 Å². The van der Waals surface area contributed by atoms with E-state index in [1.165, 1.54) is 0 Å². The summed E-state index contributed by atoms with van der Waals surface area (Å²) in [7, 11) is 0. The monoisotopic (exact) mass is 526 g/mol. The number of hydrogen-bond donors (Lipinski definition) is 1. The van der Waals surface area contributed by atoms with Crippen LogP contribution in [0, 0.1) is 23.7 Å². The number of aliphatic hydroxyl groups is 1. The van der Waals surface area contributed by atoms with Gasteiger partial charge in [0.1, 0.15) is 17.6 Å². The van der Waals surface area contributed by atoms with Gasteiger partial charge >= 0.3 is 5.97 Å². The Kier molecular flexibility index (Phi) is 8.05. The van der Waals surface area contributed by atoms with Gasteiger partial charge in [0.2, 0.25) is 11.8 Å². The summed E-state index contributed by atoms with van der Waals surface area (Å²) >= 11 is 0. The molecule has 0 aliphatic carbocycles. The third-order valence-electron chi connectivity index (χ3n) is 8.75. The van der Waals surface area contributed by atoms with Crippen LogP contribution in [0.5, 0.6) is 0 Å². The molecule has 8 nitrogen and oxygen atoms in total. The van der Waals surface area contributed by atoms with Crippen LogP contribution in [0.1, 0.15) is 53.0 Å². The van der Waals surface area contributed by atoms with Crippen molar-refractivity contribution >= 4 is 17.8 Å². The minimum Gasteiger partial charge on any atom is -0.466 e. The number of rotatable bonds is 11. The van der Waals surface area contributed by atoms with Gasteiger partial charge in [-0.15, -0.1) is 6.58 Å². The highest BCUT2D eigenvalue weighted by atomic mass is 16.6. The van der Waals surface area contributed by atoms with Gasteiger partial charge in [-0.3, -0.25) is 14.4 Å². The van der Waals surface area contributed by atoms with E-state index >= 15 is 0 Å². The number of esters is 1. The standard InChI is InChI=1S/C30H42N2O6/c1-7-14-31(17-21-12-10-9-11-13-21)27(35)25-30-16-20(5)29(6,38-30)24(28(36)37-8-2)23(30)26(34)32(25)22(18-33)15-19(3)4/h7,9-13,19-20,22-25,33H,1,8,14-18H2,2-6H3/t20?,22-,23+,24+,25?,29-,30?/m1/s1. The maximum atomic E-state index is 14.5. The van der Waals surface area contributed by atoms with Crippen LogP contribution in [0.2, 0.25) is 0 Å². The first-order valence-corrected chi connectivity index (χ1v) is 13.8. The molecule has 1 aromatic rings. The maximum Gasteiger partial charge on any atom is 0.312 e. The van der Waals surface area contributed by atoms with Crippen LogP contribution < -0.4 is 0 Å². The van der Waals surface area contributed by atoms with E-state index in [-0.39, 0.29) is 43.4 Å². The lowest BCUT2D eigenvalue weighted by molar-refractivity contribution is -0.163. The van der Waals surface area contributed by atoms with E-state index in [4.69, 9.17) is 9.47 Å². The number of likely N-dealkylation sites (tertiary alicyclic amines) is 1. The Balaban J connectivity index is 1.83. The molecule has 3 aliphatic rings. The van der Waals surface area contributed by atoms with E-state index in [2.05, 4.69) is 6.58 Å². The fourth-order valence-electron chi connectivity index (χ4n) is 7.12. The fourth-order valence-corrected chi connectivity index (χ4v) is 7.12. The minimum atomic E-state index is -1.18. The van der Waals surface area contributed by atoms with Crippen LogP contribution in [0.3, 0.4) is 0 Å². The van der Waals surface area contributed by atoms with Crippen molar-refractivity contribution in [1.29, 1.82) is 0 Å². The number of fused-ring (bicyclic) bond motifs is 1. The summed E-state index contributed by atoms with van der Waals surface area (Å²) in [4.78, 5) is 45.4. The minimum absolute atomic E-state index is 0.0733. The molecule has 2 bridgehead atoms. The van der Waals surface area contributed by atoms with Crippen molar-refractivity contribution < 1.29 is 29.0 Å². The molecule has 0 aromatic heterocycles. The number of nitrogens with zero attached hydrogens (tertiary/aromatic N) is 2. The van der Waals surface area contributed by atoms with Crippen molar-refractivity contribution in [3.63, 3.8) is 0 Å². The Morgan fingerprint density at radius 3 is 2.58 bits per heavy atom. The van der Waals surface area contributed by atoms with Crippen LogP contribution in [0.25, 0.3) is 0 Å². The predicted octanol–water partition coefficient (Wildman–Crippen LogP) is 3.18. The van der Waals surface area contributed by atoms with Gasteiger partial charge in [0.05, 0.1) is 30.8 Å². The molecule has 2 amide bonds. The van der Waals surface area contributed by atoms with Gasteiger partial charge in [-0.2, -0.15) is 0 Å². The highest BCUT2D eigenvalue weighted by molar-refractivity contribution is 5.98. The molecular formula is C30H42N2O6. The topological polar surface area (TPSA) is 96.4 Å². The molecule has 4 rings (SSSR count). The SMILES string of the molecule is C=CCN(Cc1ccccc1)C(=O)C1N([C@@H](CO)CC(C)C)C(=O)[C@@H]2[C@@H](C(=O)OCC)[C@]3(C)OC12CC3C. The normalized spacial score (nSPS) is 32.4.